The fourth-order valence-corrected chi connectivity index (χ4v) is 3.87. The first-order chi connectivity index (χ1) is 17.0. The molecular formula is C26H36N4O5S. The summed E-state index contributed by atoms with van der Waals surface area (Å²) < 4.78 is 22.8. The summed E-state index contributed by atoms with van der Waals surface area (Å²) in [6.07, 6.45) is 3.85. The number of aryl methyl sites for hydroxylation is 1. The highest BCUT2D eigenvalue weighted by molar-refractivity contribution is 7.89. The molecule has 0 aromatic heterocycles. The Bertz CT molecular complexity index is 1130. The highest BCUT2D eigenvalue weighted by atomic mass is 32.2. The molecule has 2 aromatic carbocycles. The molecule has 0 saturated heterocycles. The first kappa shape index (κ1) is 29.0. The van der Waals surface area contributed by atoms with Gasteiger partial charge in [-0.3, -0.25) is 14.4 Å². The number of sulfonamides is 1. The van der Waals surface area contributed by atoms with E-state index in [-0.39, 0.29) is 17.0 Å². The second kappa shape index (κ2) is 13.7. The highest BCUT2D eigenvalue weighted by Crippen LogP contribution is 2.10. The number of amides is 3. The Morgan fingerprint density at radius 3 is 2.03 bits per heavy atom. The van der Waals surface area contributed by atoms with E-state index in [1.165, 1.54) is 24.3 Å². The molecule has 0 aliphatic carbocycles. The minimum atomic E-state index is -3.88. The fourth-order valence-electron chi connectivity index (χ4n) is 3.35. The van der Waals surface area contributed by atoms with Crippen LogP contribution in [0.15, 0.2) is 53.4 Å². The van der Waals surface area contributed by atoms with Crippen molar-refractivity contribution < 1.29 is 22.8 Å². The van der Waals surface area contributed by atoms with Crippen LogP contribution in [0, 0.1) is 5.92 Å². The molecule has 0 aliphatic rings. The summed E-state index contributed by atoms with van der Waals surface area (Å²) in [6.45, 7) is 6.49. The van der Waals surface area contributed by atoms with E-state index in [4.69, 9.17) is 5.14 Å². The molecule has 0 unspecified atom stereocenters. The van der Waals surface area contributed by atoms with Crippen molar-refractivity contribution in [1.82, 2.24) is 16.0 Å². The number of carbonyl (C=O) groups is 3. The monoisotopic (exact) mass is 516 g/mol. The van der Waals surface area contributed by atoms with Crippen molar-refractivity contribution >= 4 is 27.7 Å². The summed E-state index contributed by atoms with van der Waals surface area (Å²) >= 11 is 0. The van der Waals surface area contributed by atoms with Crippen LogP contribution in [0.3, 0.4) is 0 Å². The summed E-state index contributed by atoms with van der Waals surface area (Å²) in [7, 11) is -3.88. The predicted octanol–water partition coefficient (Wildman–Crippen LogP) is 2.37. The van der Waals surface area contributed by atoms with Crippen LogP contribution in [0.2, 0.25) is 0 Å². The van der Waals surface area contributed by atoms with Crippen molar-refractivity contribution in [2.75, 3.05) is 13.1 Å². The van der Waals surface area contributed by atoms with E-state index < -0.39 is 33.8 Å². The number of rotatable bonds is 13. The van der Waals surface area contributed by atoms with E-state index in [0.29, 0.717) is 18.0 Å². The van der Waals surface area contributed by atoms with Crippen molar-refractivity contribution in [2.45, 2.75) is 57.4 Å². The van der Waals surface area contributed by atoms with Crippen LogP contribution in [-0.2, 0) is 21.2 Å². The predicted molar refractivity (Wildman–Crippen MR) is 139 cm³/mol. The molecule has 3 amide bonds. The van der Waals surface area contributed by atoms with E-state index in [1.807, 2.05) is 26.0 Å². The van der Waals surface area contributed by atoms with Gasteiger partial charge >= 0.3 is 0 Å². The summed E-state index contributed by atoms with van der Waals surface area (Å²) in [4.78, 5) is 38.1. The molecule has 1 atom stereocenters. The maximum absolute atomic E-state index is 12.8. The van der Waals surface area contributed by atoms with Crippen molar-refractivity contribution in [3.63, 3.8) is 0 Å². The third-order valence-electron chi connectivity index (χ3n) is 5.59. The van der Waals surface area contributed by atoms with Gasteiger partial charge in [0.25, 0.3) is 11.8 Å². The number of hydrogen-bond acceptors (Lipinski definition) is 5. The van der Waals surface area contributed by atoms with Crippen LogP contribution >= 0.6 is 0 Å². The van der Waals surface area contributed by atoms with Gasteiger partial charge in [-0.2, -0.15) is 0 Å². The zero-order chi connectivity index (χ0) is 26.7. The highest BCUT2D eigenvalue weighted by Gasteiger charge is 2.22. The largest absolute Gasteiger partial charge is 0.354 e. The van der Waals surface area contributed by atoms with Crippen LogP contribution < -0.4 is 21.1 Å². The standard InChI is InChI=1S/C26H36N4O5S/c1-4-5-6-19-7-9-21(10-8-19)25(32)30-23(26(33)28-16-15-18(2)3)17-29-24(31)20-11-13-22(14-12-20)36(27,34)35/h7-14,18,23H,4-6,15-17H2,1-3H3,(H,28,33)(H,29,31)(H,30,32)(H2,27,34,35)/t23-/m0/s1. The number of primary sulfonamides is 1. The average Bonchev–Trinajstić information content (AvgIpc) is 2.84. The molecule has 0 radical (unpaired) electrons. The van der Waals surface area contributed by atoms with Crippen LogP contribution in [0.25, 0.3) is 0 Å². The maximum atomic E-state index is 12.8. The molecule has 0 bridgehead atoms. The van der Waals surface area contributed by atoms with E-state index >= 15 is 0 Å². The Hall–Kier alpha value is -3.24. The number of nitrogens with two attached hydrogens (primary N) is 1. The molecule has 10 heteroatoms. The maximum Gasteiger partial charge on any atom is 0.251 e. The molecule has 0 saturated carbocycles. The minimum absolute atomic E-state index is 0.116. The van der Waals surface area contributed by atoms with Gasteiger partial charge in [0.2, 0.25) is 15.9 Å². The van der Waals surface area contributed by atoms with Gasteiger partial charge in [0.15, 0.2) is 0 Å². The molecule has 196 valence electrons. The lowest BCUT2D eigenvalue weighted by Crippen LogP contribution is -2.52. The van der Waals surface area contributed by atoms with Crippen molar-refractivity contribution in [3.05, 3.63) is 65.2 Å². The van der Waals surface area contributed by atoms with Gasteiger partial charge in [0.1, 0.15) is 6.04 Å². The van der Waals surface area contributed by atoms with Crippen LogP contribution in [0.4, 0.5) is 0 Å². The molecule has 2 aromatic rings. The lowest BCUT2D eigenvalue weighted by atomic mass is 10.1. The molecule has 0 heterocycles. The average molecular weight is 517 g/mol. The molecule has 0 fully saturated rings. The van der Waals surface area contributed by atoms with E-state index in [0.717, 1.165) is 31.2 Å². The van der Waals surface area contributed by atoms with E-state index in [9.17, 15) is 22.8 Å². The van der Waals surface area contributed by atoms with Crippen LogP contribution in [0.1, 0.15) is 66.3 Å². The number of carbonyl (C=O) groups excluding carboxylic acids is 3. The first-order valence-corrected chi connectivity index (χ1v) is 13.6. The Morgan fingerprint density at radius 1 is 0.889 bits per heavy atom. The zero-order valence-electron chi connectivity index (χ0n) is 21.0. The second-order valence-electron chi connectivity index (χ2n) is 9.08. The molecule has 2 rings (SSSR count). The lowest BCUT2D eigenvalue weighted by molar-refractivity contribution is -0.122. The SMILES string of the molecule is CCCCc1ccc(C(=O)N[C@@H](CNC(=O)c2ccc(S(N)(=O)=O)cc2)C(=O)NCCC(C)C)cc1. The molecule has 9 nitrogen and oxygen atoms in total. The summed E-state index contributed by atoms with van der Waals surface area (Å²) in [5.41, 5.74) is 1.74. The third kappa shape index (κ3) is 9.43. The number of nitrogens with one attached hydrogen (secondary N) is 3. The van der Waals surface area contributed by atoms with Crippen LogP contribution in [0.5, 0.6) is 0 Å². The quantitative estimate of drug-likeness (QED) is 0.323. The second-order valence-corrected chi connectivity index (χ2v) is 10.6. The van der Waals surface area contributed by atoms with Crippen molar-refractivity contribution in [1.29, 1.82) is 0 Å². The van der Waals surface area contributed by atoms with Gasteiger partial charge < -0.3 is 16.0 Å². The zero-order valence-corrected chi connectivity index (χ0v) is 21.9. The fraction of sp³-hybridized carbons (Fsp3) is 0.423. The Balaban J connectivity index is 2.08. The van der Waals surface area contributed by atoms with Gasteiger partial charge in [-0.1, -0.05) is 39.3 Å². The Morgan fingerprint density at radius 2 is 1.47 bits per heavy atom. The summed E-state index contributed by atoms with van der Waals surface area (Å²) in [5, 5.41) is 13.2. The normalized spacial score (nSPS) is 12.1. The van der Waals surface area contributed by atoms with Gasteiger partial charge in [0.05, 0.1) is 4.90 Å². The number of unbranched alkanes of at least 4 members (excludes halogenated alkanes) is 1. The molecule has 0 spiro atoms. The summed E-state index contributed by atoms with van der Waals surface area (Å²) in [6, 6.07) is 11.3. The molecule has 0 aliphatic heterocycles. The Labute approximate surface area is 213 Å². The van der Waals surface area contributed by atoms with Gasteiger partial charge in [0, 0.05) is 24.2 Å². The van der Waals surface area contributed by atoms with Gasteiger partial charge in [-0.25, -0.2) is 13.6 Å². The van der Waals surface area contributed by atoms with E-state index in [1.54, 1.807) is 12.1 Å². The minimum Gasteiger partial charge on any atom is -0.354 e. The number of hydrogen-bond donors (Lipinski definition) is 4. The van der Waals surface area contributed by atoms with Gasteiger partial charge in [-0.15, -0.1) is 0 Å². The first-order valence-electron chi connectivity index (χ1n) is 12.1. The Kier molecular flexibility index (Phi) is 11.1. The van der Waals surface area contributed by atoms with Gasteiger partial charge in [-0.05, 0) is 67.1 Å². The molecule has 36 heavy (non-hydrogen) atoms. The molecule has 5 N–H and O–H groups in total. The summed E-state index contributed by atoms with van der Waals surface area (Å²) in [5.74, 6) is -0.962. The topological polar surface area (TPSA) is 147 Å². The molecular weight excluding hydrogens is 480 g/mol. The third-order valence-corrected chi connectivity index (χ3v) is 6.52. The van der Waals surface area contributed by atoms with Crippen molar-refractivity contribution in [3.8, 4) is 0 Å². The number of benzene rings is 2. The smallest absolute Gasteiger partial charge is 0.251 e. The van der Waals surface area contributed by atoms with E-state index in [2.05, 4.69) is 22.9 Å². The lowest BCUT2D eigenvalue weighted by Gasteiger charge is -2.20. The van der Waals surface area contributed by atoms with Crippen molar-refractivity contribution in [2.24, 2.45) is 11.1 Å². The van der Waals surface area contributed by atoms with Crippen LogP contribution in [-0.4, -0.2) is 45.3 Å².